The van der Waals surface area contributed by atoms with Crippen molar-refractivity contribution in [1.82, 2.24) is 0 Å². The number of Topliss-reactive ketones (excluding diaryl/α,β-unsaturated/α-hetero) is 1. The van der Waals surface area contributed by atoms with Gasteiger partial charge in [0.15, 0.2) is 6.10 Å². The predicted octanol–water partition coefficient (Wildman–Crippen LogP) is 2.34. The lowest BCUT2D eigenvalue weighted by Crippen LogP contribution is -2.20. The Morgan fingerprint density at radius 3 is 2.53 bits per heavy atom. The molecule has 1 aromatic rings. The van der Waals surface area contributed by atoms with Crippen molar-refractivity contribution in [2.75, 3.05) is 0 Å². The molecule has 15 heavy (non-hydrogen) atoms. The van der Waals surface area contributed by atoms with Crippen molar-refractivity contribution in [3.63, 3.8) is 0 Å². The van der Waals surface area contributed by atoms with Crippen LogP contribution in [0.15, 0.2) is 28.7 Å². The van der Waals surface area contributed by atoms with Crippen molar-refractivity contribution in [2.45, 2.75) is 18.9 Å². The number of hydrogen-bond donors (Lipinski definition) is 0. The topological polar surface area (TPSA) is 43.4 Å². The minimum absolute atomic E-state index is 0.117. The van der Waals surface area contributed by atoms with Crippen LogP contribution in [0.25, 0.3) is 0 Å². The van der Waals surface area contributed by atoms with Gasteiger partial charge in [-0.15, -0.1) is 0 Å². The van der Waals surface area contributed by atoms with Crippen molar-refractivity contribution in [1.29, 1.82) is 0 Å². The lowest BCUT2D eigenvalue weighted by molar-refractivity contribution is -0.140. The van der Waals surface area contributed by atoms with E-state index in [0.29, 0.717) is 18.4 Å². The molecule has 0 aliphatic carbocycles. The smallest absolute Gasteiger partial charge is 0.306 e. The molecule has 78 valence electrons. The van der Waals surface area contributed by atoms with E-state index in [-0.39, 0.29) is 11.8 Å². The number of carbonyl (C=O) groups excluding carboxylic acids is 2. The first-order chi connectivity index (χ1) is 7.16. The van der Waals surface area contributed by atoms with Crippen LogP contribution in [0, 0.1) is 0 Å². The second kappa shape index (κ2) is 4.14. The average molecular weight is 269 g/mol. The van der Waals surface area contributed by atoms with E-state index in [2.05, 4.69) is 15.9 Å². The van der Waals surface area contributed by atoms with Crippen molar-refractivity contribution >= 4 is 27.7 Å². The zero-order valence-corrected chi connectivity index (χ0v) is 9.49. The Morgan fingerprint density at radius 1 is 1.33 bits per heavy atom. The van der Waals surface area contributed by atoms with E-state index in [0.717, 1.165) is 4.47 Å². The van der Waals surface area contributed by atoms with Crippen LogP contribution in [0.5, 0.6) is 0 Å². The minimum atomic E-state index is -0.585. The summed E-state index contributed by atoms with van der Waals surface area (Å²) in [7, 11) is 0. The predicted molar refractivity (Wildman–Crippen MR) is 57.6 cm³/mol. The van der Waals surface area contributed by atoms with Crippen LogP contribution in [0.2, 0.25) is 0 Å². The molecule has 0 saturated carbocycles. The van der Waals surface area contributed by atoms with Gasteiger partial charge in [0.25, 0.3) is 0 Å². The van der Waals surface area contributed by atoms with E-state index in [1.165, 1.54) is 0 Å². The van der Waals surface area contributed by atoms with Crippen molar-refractivity contribution in [3.05, 3.63) is 34.3 Å². The number of ether oxygens (including phenoxy) is 1. The normalized spacial score (nSPS) is 20.1. The molecule has 1 aliphatic heterocycles. The van der Waals surface area contributed by atoms with Gasteiger partial charge in [-0.05, 0) is 12.1 Å². The van der Waals surface area contributed by atoms with Crippen molar-refractivity contribution in [2.24, 2.45) is 0 Å². The SMILES string of the molecule is O=C1CC[C@@H](C(=O)c2ccc(Br)cc2)O1. The Hall–Kier alpha value is -1.16. The third-order valence-electron chi connectivity index (χ3n) is 2.31. The minimum Gasteiger partial charge on any atom is -0.454 e. The second-order valence-corrected chi connectivity index (χ2v) is 4.30. The molecule has 0 aromatic heterocycles. The highest BCUT2D eigenvalue weighted by atomic mass is 79.9. The van der Waals surface area contributed by atoms with E-state index < -0.39 is 6.10 Å². The third kappa shape index (κ3) is 2.26. The van der Waals surface area contributed by atoms with Gasteiger partial charge in [-0.3, -0.25) is 9.59 Å². The zero-order chi connectivity index (χ0) is 10.8. The molecule has 0 spiro atoms. The maximum Gasteiger partial charge on any atom is 0.306 e. The van der Waals surface area contributed by atoms with Crippen LogP contribution in [0.1, 0.15) is 23.2 Å². The quantitative estimate of drug-likeness (QED) is 0.611. The summed E-state index contributed by atoms with van der Waals surface area (Å²) >= 11 is 3.29. The fourth-order valence-corrected chi connectivity index (χ4v) is 1.77. The average Bonchev–Trinajstić information content (AvgIpc) is 2.65. The number of cyclic esters (lactones) is 1. The van der Waals surface area contributed by atoms with Gasteiger partial charge in [-0.1, -0.05) is 28.1 Å². The summed E-state index contributed by atoms with van der Waals surface area (Å²) < 4.78 is 5.83. The van der Waals surface area contributed by atoms with Gasteiger partial charge in [-0.2, -0.15) is 0 Å². The lowest BCUT2D eigenvalue weighted by atomic mass is 10.0. The maximum atomic E-state index is 11.8. The highest BCUT2D eigenvalue weighted by Gasteiger charge is 2.30. The first kappa shape index (κ1) is 10.4. The molecule has 1 saturated heterocycles. The summed E-state index contributed by atoms with van der Waals surface area (Å²) in [5.74, 6) is -0.404. The highest BCUT2D eigenvalue weighted by molar-refractivity contribution is 9.10. The molecule has 1 aliphatic rings. The molecule has 0 bridgehead atoms. The first-order valence-corrected chi connectivity index (χ1v) is 5.45. The molecule has 4 heteroatoms. The molecule has 1 atom stereocenters. The van der Waals surface area contributed by atoms with Gasteiger partial charge >= 0.3 is 5.97 Å². The van der Waals surface area contributed by atoms with Gasteiger partial charge in [0.1, 0.15) is 0 Å². The van der Waals surface area contributed by atoms with E-state index >= 15 is 0 Å². The Balaban J connectivity index is 2.14. The van der Waals surface area contributed by atoms with E-state index in [4.69, 9.17) is 4.74 Å². The summed E-state index contributed by atoms with van der Waals surface area (Å²) in [4.78, 5) is 22.7. The van der Waals surface area contributed by atoms with Gasteiger partial charge in [0.2, 0.25) is 5.78 Å². The molecule has 2 rings (SSSR count). The van der Waals surface area contributed by atoms with E-state index in [1.807, 2.05) is 0 Å². The Labute approximate surface area is 95.6 Å². The molecular weight excluding hydrogens is 260 g/mol. The monoisotopic (exact) mass is 268 g/mol. The van der Waals surface area contributed by atoms with Gasteiger partial charge in [0.05, 0.1) is 0 Å². The molecular formula is C11H9BrO3. The number of hydrogen-bond acceptors (Lipinski definition) is 3. The van der Waals surface area contributed by atoms with E-state index in [1.54, 1.807) is 24.3 Å². The maximum absolute atomic E-state index is 11.8. The van der Waals surface area contributed by atoms with Gasteiger partial charge in [0, 0.05) is 22.9 Å². The molecule has 0 N–H and O–H groups in total. The summed E-state index contributed by atoms with van der Waals surface area (Å²) in [6.45, 7) is 0. The van der Waals surface area contributed by atoms with Crippen LogP contribution in [0.3, 0.4) is 0 Å². The largest absolute Gasteiger partial charge is 0.454 e. The Kier molecular flexibility index (Phi) is 2.86. The molecule has 1 aromatic carbocycles. The molecule has 1 fully saturated rings. The summed E-state index contributed by atoms with van der Waals surface area (Å²) in [5, 5.41) is 0. The fourth-order valence-electron chi connectivity index (χ4n) is 1.51. The lowest BCUT2D eigenvalue weighted by Gasteiger charge is -2.07. The molecule has 0 amide bonds. The van der Waals surface area contributed by atoms with Crippen LogP contribution in [-0.4, -0.2) is 17.9 Å². The van der Waals surface area contributed by atoms with Crippen LogP contribution in [0.4, 0.5) is 0 Å². The number of esters is 1. The number of ketones is 1. The number of rotatable bonds is 2. The second-order valence-electron chi connectivity index (χ2n) is 3.39. The number of benzene rings is 1. The zero-order valence-electron chi connectivity index (χ0n) is 7.90. The number of halogens is 1. The molecule has 1 heterocycles. The van der Waals surface area contributed by atoms with E-state index in [9.17, 15) is 9.59 Å². The van der Waals surface area contributed by atoms with Crippen molar-refractivity contribution < 1.29 is 14.3 Å². The third-order valence-corrected chi connectivity index (χ3v) is 2.83. The van der Waals surface area contributed by atoms with Crippen LogP contribution in [-0.2, 0) is 9.53 Å². The first-order valence-electron chi connectivity index (χ1n) is 4.66. The molecule has 0 unspecified atom stereocenters. The van der Waals surface area contributed by atoms with Crippen molar-refractivity contribution in [3.8, 4) is 0 Å². The summed E-state index contributed by atoms with van der Waals surface area (Å²) in [5.41, 5.74) is 0.581. The van der Waals surface area contributed by atoms with Crippen LogP contribution >= 0.6 is 15.9 Å². The molecule has 3 nitrogen and oxygen atoms in total. The van der Waals surface area contributed by atoms with Crippen LogP contribution < -0.4 is 0 Å². The fraction of sp³-hybridized carbons (Fsp3) is 0.273. The summed E-state index contributed by atoms with van der Waals surface area (Å²) in [6, 6.07) is 7.03. The van der Waals surface area contributed by atoms with Gasteiger partial charge in [-0.25, -0.2) is 0 Å². The molecule has 0 radical (unpaired) electrons. The Morgan fingerprint density at radius 2 is 2.00 bits per heavy atom. The standard InChI is InChI=1S/C11H9BrO3/c12-8-3-1-7(2-4-8)11(14)9-5-6-10(13)15-9/h1-4,9H,5-6H2/t9-/m0/s1. The highest BCUT2D eigenvalue weighted by Crippen LogP contribution is 2.19. The van der Waals surface area contributed by atoms with Gasteiger partial charge < -0.3 is 4.74 Å². The number of carbonyl (C=O) groups is 2. The summed E-state index contributed by atoms with van der Waals surface area (Å²) in [6.07, 6.45) is 0.249. The Bertz CT molecular complexity index is 397.